The zero-order valence-electron chi connectivity index (χ0n) is 46.5. The van der Waals surface area contributed by atoms with E-state index in [9.17, 15) is 21.6 Å². The average molecular weight is 1160 g/mol. The highest BCUT2D eigenvalue weighted by Gasteiger charge is 2.42. The second kappa shape index (κ2) is 27.6. The van der Waals surface area contributed by atoms with Crippen LogP contribution in [0.15, 0.2) is 255 Å². The minimum atomic E-state index is -4.04. The van der Waals surface area contributed by atoms with Crippen LogP contribution in [0.4, 0.5) is 4.79 Å². The third-order valence-corrected chi connectivity index (χ3v) is 18.0. The number of nitrogens with one attached hydrogen (secondary N) is 4. The molecule has 2 heterocycles. The zero-order chi connectivity index (χ0) is 58.1. The van der Waals surface area contributed by atoms with E-state index < -0.39 is 60.7 Å². The van der Waals surface area contributed by atoms with E-state index in [4.69, 9.17) is 19.4 Å². The Bertz CT molecular complexity index is 3410. The number of imidazole rings is 2. The van der Waals surface area contributed by atoms with Crippen molar-refractivity contribution in [2.75, 3.05) is 11.5 Å². The summed E-state index contributed by atoms with van der Waals surface area (Å²) in [5.74, 6) is 0.277. The van der Waals surface area contributed by atoms with Crippen molar-refractivity contribution in [2.45, 2.75) is 74.7 Å². The molecule has 0 fully saturated rings. The Morgan fingerprint density at radius 2 is 0.667 bits per heavy atom. The standard InChI is InChI=1S/C69H68N6O7S2/c76-67(81-63(51-83(77,78)72-47-53-27-9-1-10-28-53)45-25-43-61-49-70-65(74-61)68(55-31-13-3-14-32-55,56-33-15-4-16-34-56)57-35-17-5-18-36-57)82-64(52-84(79,80)73-48-54-29-11-2-12-30-54)46-26-44-62-50-71-66(75-62)69(58-37-19-6-20-38-58,59-39-21-7-22-40-59)60-41-23-8-24-42-60/h1-24,27-42,49-50,63-64,72-73H,25-26,43-48,51-52H2,(H,70,74)(H,71,75). The van der Waals surface area contributed by atoms with Gasteiger partial charge in [-0.15, -0.1) is 0 Å². The summed E-state index contributed by atoms with van der Waals surface area (Å²) in [7, 11) is -8.09. The van der Waals surface area contributed by atoms with Crippen LogP contribution in [0.2, 0.25) is 0 Å². The van der Waals surface area contributed by atoms with E-state index in [1.54, 1.807) is 12.4 Å². The summed E-state index contributed by atoms with van der Waals surface area (Å²) in [6.45, 7) is 0.0610. The molecule has 8 aromatic carbocycles. The Labute approximate surface area is 492 Å². The van der Waals surface area contributed by atoms with Crippen molar-refractivity contribution >= 4 is 26.2 Å². The molecular weight excluding hydrogens is 1090 g/mol. The van der Waals surface area contributed by atoms with E-state index in [1.165, 1.54) is 0 Å². The van der Waals surface area contributed by atoms with Crippen molar-refractivity contribution in [3.8, 4) is 0 Å². The molecule has 0 aliphatic carbocycles. The summed E-state index contributed by atoms with van der Waals surface area (Å²) in [5.41, 5.74) is 7.60. The lowest BCUT2D eigenvalue weighted by Gasteiger charge is -2.34. The predicted molar refractivity (Wildman–Crippen MR) is 329 cm³/mol. The van der Waals surface area contributed by atoms with E-state index >= 15 is 0 Å². The number of hydrogen-bond donors (Lipinski definition) is 4. The van der Waals surface area contributed by atoms with Crippen LogP contribution in [0.1, 0.15) is 93.2 Å². The van der Waals surface area contributed by atoms with Gasteiger partial charge in [-0.25, -0.2) is 41.0 Å². The van der Waals surface area contributed by atoms with E-state index in [1.807, 2.05) is 170 Å². The first-order chi connectivity index (χ1) is 41.0. The number of carbonyl (C=O) groups excluding carboxylic acids is 1. The van der Waals surface area contributed by atoms with Gasteiger partial charge in [0.2, 0.25) is 20.0 Å². The van der Waals surface area contributed by atoms with Gasteiger partial charge in [0, 0.05) is 36.9 Å². The molecule has 15 heteroatoms. The average Bonchev–Trinajstić information content (AvgIpc) is 4.42. The SMILES string of the molecule is O=C(OC(CCCc1cnc(C(c2ccccc2)(c2ccccc2)c2ccccc2)[nH]1)CS(=O)(=O)NCc1ccccc1)OC(CCCc1cnc(C(c2ccccc2)(c2ccccc2)c2ccccc2)[nH]1)CS(=O)(=O)NCc1ccccc1. The van der Waals surface area contributed by atoms with Crippen molar-refractivity contribution in [1.29, 1.82) is 0 Å². The first-order valence-electron chi connectivity index (χ1n) is 28.3. The number of benzene rings is 8. The lowest BCUT2D eigenvalue weighted by molar-refractivity contribution is 0.00454. The smallest absolute Gasteiger partial charge is 0.430 e. The highest BCUT2D eigenvalue weighted by Crippen LogP contribution is 2.45. The van der Waals surface area contributed by atoms with Gasteiger partial charge in [0.1, 0.15) is 46.2 Å². The molecule has 2 unspecified atom stereocenters. The largest absolute Gasteiger partial charge is 0.508 e. The van der Waals surface area contributed by atoms with Gasteiger partial charge >= 0.3 is 6.16 Å². The molecule has 2 aromatic heterocycles. The molecule has 0 aliphatic heterocycles. The monoisotopic (exact) mass is 1160 g/mol. The van der Waals surface area contributed by atoms with Crippen LogP contribution in [-0.2, 0) is 66.3 Å². The van der Waals surface area contributed by atoms with Crippen molar-refractivity contribution in [2.24, 2.45) is 0 Å². The van der Waals surface area contributed by atoms with Gasteiger partial charge in [0.05, 0.1) is 0 Å². The molecule has 2 atom stereocenters. The first-order valence-corrected chi connectivity index (χ1v) is 31.6. The minimum Gasteiger partial charge on any atom is -0.430 e. The molecule has 0 saturated heterocycles. The zero-order valence-corrected chi connectivity index (χ0v) is 48.2. The van der Waals surface area contributed by atoms with Crippen LogP contribution in [-0.4, -0.2) is 66.6 Å². The van der Waals surface area contributed by atoms with E-state index in [0.29, 0.717) is 37.3 Å². The third-order valence-electron chi connectivity index (χ3n) is 15.2. The van der Waals surface area contributed by atoms with Gasteiger partial charge in [0.25, 0.3) is 0 Å². The Kier molecular flexibility index (Phi) is 19.2. The molecule has 0 bridgehead atoms. The van der Waals surface area contributed by atoms with Crippen molar-refractivity contribution in [1.82, 2.24) is 29.4 Å². The second-order valence-electron chi connectivity index (χ2n) is 20.9. The van der Waals surface area contributed by atoms with Crippen molar-refractivity contribution in [3.63, 3.8) is 0 Å². The van der Waals surface area contributed by atoms with Crippen molar-refractivity contribution < 1.29 is 31.1 Å². The lowest BCUT2D eigenvalue weighted by atomic mass is 9.69. The first kappa shape index (κ1) is 58.5. The summed E-state index contributed by atoms with van der Waals surface area (Å²) in [4.78, 5) is 31.5. The molecule has 0 saturated carbocycles. The number of nitrogens with zero attached hydrogens (tertiary/aromatic N) is 2. The molecule has 10 aromatic rings. The molecule has 0 spiro atoms. The molecule has 10 rings (SSSR count). The summed E-state index contributed by atoms with van der Waals surface area (Å²) in [6.07, 6.45) is 1.94. The summed E-state index contributed by atoms with van der Waals surface area (Å²) in [5, 5.41) is 0. The number of aromatic nitrogens is 4. The van der Waals surface area contributed by atoms with Gasteiger partial charge in [-0.2, -0.15) is 0 Å². The summed E-state index contributed by atoms with van der Waals surface area (Å²) in [6, 6.07) is 79.6. The summed E-state index contributed by atoms with van der Waals surface area (Å²) >= 11 is 0. The fourth-order valence-electron chi connectivity index (χ4n) is 11.2. The van der Waals surface area contributed by atoms with E-state index in [0.717, 1.165) is 55.9 Å². The summed E-state index contributed by atoms with van der Waals surface area (Å²) < 4.78 is 72.8. The highest BCUT2D eigenvalue weighted by atomic mass is 32.2. The normalized spacial score (nSPS) is 12.8. The minimum absolute atomic E-state index is 0.0305. The van der Waals surface area contributed by atoms with Gasteiger partial charge < -0.3 is 19.4 Å². The lowest BCUT2D eigenvalue weighted by Crippen LogP contribution is -2.37. The van der Waals surface area contributed by atoms with Gasteiger partial charge in [0.15, 0.2) is 0 Å². The number of sulfonamides is 2. The molecule has 0 aliphatic rings. The topological polar surface area (TPSA) is 185 Å². The molecule has 13 nitrogen and oxygen atoms in total. The maximum Gasteiger partial charge on any atom is 0.508 e. The number of hydrogen-bond acceptors (Lipinski definition) is 9. The second-order valence-corrected chi connectivity index (χ2v) is 24.6. The van der Waals surface area contributed by atoms with Crippen molar-refractivity contribution in [3.05, 3.63) is 323 Å². The number of ether oxygens (including phenoxy) is 2. The van der Waals surface area contributed by atoms with Gasteiger partial charge in [-0.3, -0.25) is 0 Å². The Morgan fingerprint density at radius 1 is 0.405 bits per heavy atom. The molecule has 0 amide bonds. The number of aryl methyl sites for hydroxylation is 2. The van der Waals surface area contributed by atoms with E-state index in [-0.39, 0.29) is 25.9 Å². The Balaban J connectivity index is 0.885. The number of H-pyrrole nitrogens is 2. The molecular formula is C69H68N6O7S2. The van der Waals surface area contributed by atoms with Gasteiger partial charge in [-0.05, 0) is 83.0 Å². The van der Waals surface area contributed by atoms with Crippen LogP contribution in [0, 0.1) is 0 Å². The number of aromatic amines is 2. The third kappa shape index (κ3) is 14.4. The maximum absolute atomic E-state index is 14.2. The highest BCUT2D eigenvalue weighted by molar-refractivity contribution is 7.89. The number of carbonyl (C=O) groups is 1. The Hall–Kier alpha value is -8.73. The fraction of sp³-hybridized carbons (Fsp3) is 0.203. The molecule has 84 heavy (non-hydrogen) atoms. The number of rotatable bonds is 28. The van der Waals surface area contributed by atoms with Crippen LogP contribution < -0.4 is 9.44 Å². The molecule has 428 valence electrons. The maximum atomic E-state index is 14.2. The van der Waals surface area contributed by atoms with Crippen LogP contribution >= 0.6 is 0 Å². The van der Waals surface area contributed by atoms with Crippen LogP contribution in [0.5, 0.6) is 0 Å². The quantitative estimate of drug-likeness (QED) is 0.0274. The van der Waals surface area contributed by atoms with Gasteiger partial charge in [-0.1, -0.05) is 243 Å². The molecule has 0 radical (unpaired) electrons. The van der Waals surface area contributed by atoms with E-state index in [2.05, 4.69) is 92.2 Å². The van der Waals surface area contributed by atoms with Crippen LogP contribution in [0.25, 0.3) is 0 Å². The predicted octanol–water partition coefficient (Wildman–Crippen LogP) is 12.4. The fourth-order valence-corrected chi connectivity index (χ4v) is 13.6. The molecule has 4 N–H and O–H groups in total. The van der Waals surface area contributed by atoms with Crippen LogP contribution in [0.3, 0.4) is 0 Å². The Morgan fingerprint density at radius 3 is 0.940 bits per heavy atom.